The van der Waals surface area contributed by atoms with Crippen molar-refractivity contribution in [1.29, 1.82) is 0 Å². The predicted molar refractivity (Wildman–Crippen MR) is 72.9 cm³/mol. The van der Waals surface area contributed by atoms with E-state index in [4.69, 9.17) is 9.47 Å². The Morgan fingerprint density at radius 2 is 1.50 bits per heavy atom. The van der Waals surface area contributed by atoms with Crippen molar-refractivity contribution < 1.29 is 14.6 Å². The van der Waals surface area contributed by atoms with Crippen molar-refractivity contribution in [3.05, 3.63) is 29.8 Å². The van der Waals surface area contributed by atoms with Crippen LogP contribution in [0.5, 0.6) is 5.75 Å². The standard InChI is InChI=1S/C15H24O3/c1-14(2,3)18-11-10-17-13-8-6-12(7-9-13)15(4,5)16/h6-9,16H,10-11H2,1-5H3. The summed E-state index contributed by atoms with van der Waals surface area (Å²) in [6.07, 6.45) is 0. The van der Waals surface area contributed by atoms with Gasteiger partial charge in [0.15, 0.2) is 0 Å². The minimum absolute atomic E-state index is 0.131. The van der Waals surface area contributed by atoms with E-state index in [1.54, 1.807) is 13.8 Å². The average Bonchev–Trinajstić information content (AvgIpc) is 2.22. The first-order valence-electron chi connectivity index (χ1n) is 6.28. The summed E-state index contributed by atoms with van der Waals surface area (Å²) < 4.78 is 11.1. The Balaban J connectivity index is 2.41. The van der Waals surface area contributed by atoms with E-state index in [1.807, 2.05) is 45.0 Å². The summed E-state index contributed by atoms with van der Waals surface area (Å²) in [7, 11) is 0. The molecule has 0 aromatic heterocycles. The van der Waals surface area contributed by atoms with Gasteiger partial charge in [-0.15, -0.1) is 0 Å². The fourth-order valence-corrected chi connectivity index (χ4v) is 1.47. The summed E-state index contributed by atoms with van der Waals surface area (Å²) in [6, 6.07) is 7.48. The minimum atomic E-state index is -0.812. The van der Waals surface area contributed by atoms with Crippen LogP contribution in [0.4, 0.5) is 0 Å². The van der Waals surface area contributed by atoms with Crippen LogP contribution in [0, 0.1) is 0 Å². The van der Waals surface area contributed by atoms with E-state index in [0.717, 1.165) is 11.3 Å². The topological polar surface area (TPSA) is 38.7 Å². The third-order valence-corrected chi connectivity index (χ3v) is 2.45. The van der Waals surface area contributed by atoms with Gasteiger partial charge < -0.3 is 14.6 Å². The van der Waals surface area contributed by atoms with Crippen molar-refractivity contribution in [1.82, 2.24) is 0 Å². The summed E-state index contributed by atoms with van der Waals surface area (Å²) in [5.41, 5.74) is -0.0667. The molecule has 0 radical (unpaired) electrons. The highest BCUT2D eigenvalue weighted by Gasteiger charge is 2.15. The van der Waals surface area contributed by atoms with Crippen molar-refractivity contribution >= 4 is 0 Å². The Morgan fingerprint density at radius 1 is 0.944 bits per heavy atom. The van der Waals surface area contributed by atoms with E-state index in [9.17, 15) is 5.11 Å². The average molecular weight is 252 g/mol. The highest BCUT2D eigenvalue weighted by Crippen LogP contribution is 2.22. The molecule has 0 saturated carbocycles. The molecule has 1 aromatic carbocycles. The maximum absolute atomic E-state index is 9.82. The summed E-state index contributed by atoms with van der Waals surface area (Å²) in [4.78, 5) is 0. The molecule has 0 heterocycles. The second kappa shape index (κ2) is 5.72. The van der Waals surface area contributed by atoms with Crippen molar-refractivity contribution in [2.45, 2.75) is 45.8 Å². The Labute approximate surface area is 110 Å². The number of aliphatic hydroxyl groups is 1. The number of hydrogen-bond acceptors (Lipinski definition) is 3. The number of ether oxygens (including phenoxy) is 2. The van der Waals surface area contributed by atoms with Crippen molar-refractivity contribution in [3.63, 3.8) is 0 Å². The molecule has 0 unspecified atom stereocenters. The van der Waals surface area contributed by atoms with Crippen LogP contribution in [0.1, 0.15) is 40.2 Å². The van der Waals surface area contributed by atoms with E-state index in [0.29, 0.717) is 13.2 Å². The third-order valence-electron chi connectivity index (χ3n) is 2.45. The first kappa shape index (κ1) is 15.0. The fourth-order valence-electron chi connectivity index (χ4n) is 1.47. The quantitative estimate of drug-likeness (QED) is 0.818. The molecule has 18 heavy (non-hydrogen) atoms. The van der Waals surface area contributed by atoms with Crippen LogP contribution in [0.3, 0.4) is 0 Å². The molecule has 3 heteroatoms. The van der Waals surface area contributed by atoms with E-state index in [1.165, 1.54) is 0 Å². The molecule has 0 aliphatic rings. The zero-order valence-electron chi connectivity index (χ0n) is 12.0. The van der Waals surface area contributed by atoms with E-state index in [-0.39, 0.29) is 5.60 Å². The second-order valence-electron chi connectivity index (χ2n) is 5.89. The molecule has 0 bridgehead atoms. The van der Waals surface area contributed by atoms with Gasteiger partial charge >= 0.3 is 0 Å². The largest absolute Gasteiger partial charge is 0.491 e. The highest BCUT2D eigenvalue weighted by atomic mass is 16.5. The van der Waals surface area contributed by atoms with Gasteiger partial charge in [0.25, 0.3) is 0 Å². The van der Waals surface area contributed by atoms with Crippen LogP contribution in [0.2, 0.25) is 0 Å². The molecule has 0 atom stereocenters. The smallest absolute Gasteiger partial charge is 0.119 e. The minimum Gasteiger partial charge on any atom is -0.491 e. The van der Waals surface area contributed by atoms with Crippen LogP contribution in [-0.4, -0.2) is 23.9 Å². The Hall–Kier alpha value is -1.06. The summed E-state index contributed by atoms with van der Waals surface area (Å²) >= 11 is 0. The molecule has 0 saturated heterocycles. The SMILES string of the molecule is CC(C)(C)OCCOc1ccc(C(C)(C)O)cc1. The lowest BCUT2D eigenvalue weighted by atomic mass is 9.99. The first-order valence-corrected chi connectivity index (χ1v) is 6.28. The van der Waals surface area contributed by atoms with Gasteiger partial charge in [0.2, 0.25) is 0 Å². The molecule has 0 amide bonds. The summed E-state index contributed by atoms with van der Waals surface area (Å²) in [5, 5.41) is 9.82. The van der Waals surface area contributed by atoms with Crippen molar-refractivity contribution in [2.75, 3.05) is 13.2 Å². The lowest BCUT2D eigenvalue weighted by molar-refractivity contribution is -0.0163. The maximum Gasteiger partial charge on any atom is 0.119 e. The van der Waals surface area contributed by atoms with Crippen molar-refractivity contribution in [3.8, 4) is 5.75 Å². The van der Waals surface area contributed by atoms with Crippen LogP contribution in [0.25, 0.3) is 0 Å². The summed E-state index contributed by atoms with van der Waals surface area (Å²) in [6.45, 7) is 10.7. The Bertz CT molecular complexity index is 355. The molecule has 1 N–H and O–H groups in total. The molecular weight excluding hydrogens is 228 g/mol. The highest BCUT2D eigenvalue weighted by molar-refractivity contribution is 5.30. The molecular formula is C15H24O3. The molecule has 1 aromatic rings. The van der Waals surface area contributed by atoms with Gasteiger partial charge in [0, 0.05) is 0 Å². The molecule has 0 spiro atoms. The number of benzene rings is 1. The molecule has 0 fully saturated rings. The van der Waals surface area contributed by atoms with Gasteiger partial charge in [0.1, 0.15) is 12.4 Å². The van der Waals surface area contributed by atoms with E-state index in [2.05, 4.69) is 0 Å². The first-order chi connectivity index (χ1) is 8.18. The zero-order chi connectivity index (χ0) is 13.8. The normalized spacial score (nSPS) is 12.6. The molecule has 0 aliphatic carbocycles. The van der Waals surface area contributed by atoms with Gasteiger partial charge in [-0.3, -0.25) is 0 Å². The Morgan fingerprint density at radius 3 is 1.94 bits per heavy atom. The summed E-state index contributed by atoms with van der Waals surface area (Å²) in [5.74, 6) is 0.792. The van der Waals surface area contributed by atoms with Gasteiger partial charge in [-0.05, 0) is 52.3 Å². The van der Waals surface area contributed by atoms with Crippen LogP contribution in [-0.2, 0) is 10.3 Å². The predicted octanol–water partition coefficient (Wildman–Crippen LogP) is 3.11. The fraction of sp³-hybridized carbons (Fsp3) is 0.600. The van der Waals surface area contributed by atoms with Gasteiger partial charge in [-0.1, -0.05) is 12.1 Å². The van der Waals surface area contributed by atoms with Crippen LogP contribution in [0.15, 0.2) is 24.3 Å². The molecule has 102 valence electrons. The van der Waals surface area contributed by atoms with Crippen LogP contribution < -0.4 is 4.74 Å². The zero-order valence-corrected chi connectivity index (χ0v) is 12.0. The second-order valence-corrected chi connectivity index (χ2v) is 5.89. The van der Waals surface area contributed by atoms with Gasteiger partial charge in [0.05, 0.1) is 17.8 Å². The molecule has 0 aliphatic heterocycles. The van der Waals surface area contributed by atoms with E-state index < -0.39 is 5.60 Å². The molecule has 3 nitrogen and oxygen atoms in total. The third kappa shape index (κ3) is 5.52. The lowest BCUT2D eigenvalue weighted by Gasteiger charge is -2.20. The van der Waals surface area contributed by atoms with Gasteiger partial charge in [-0.2, -0.15) is 0 Å². The van der Waals surface area contributed by atoms with E-state index >= 15 is 0 Å². The van der Waals surface area contributed by atoms with Gasteiger partial charge in [-0.25, -0.2) is 0 Å². The lowest BCUT2D eigenvalue weighted by Crippen LogP contribution is -2.22. The molecule has 1 rings (SSSR count). The number of rotatable bonds is 5. The monoisotopic (exact) mass is 252 g/mol. The van der Waals surface area contributed by atoms with Crippen molar-refractivity contribution in [2.24, 2.45) is 0 Å². The Kier molecular flexibility index (Phi) is 4.77. The van der Waals surface area contributed by atoms with Crippen LogP contribution >= 0.6 is 0 Å². The number of hydrogen-bond donors (Lipinski definition) is 1. The maximum atomic E-state index is 9.82.